The molecule has 0 saturated carbocycles. The minimum Gasteiger partial charge on any atom is -0.367 e. The minimum absolute atomic E-state index is 0.106. The van der Waals surface area contributed by atoms with E-state index in [1.807, 2.05) is 80.6 Å². The van der Waals surface area contributed by atoms with E-state index < -0.39 is 0 Å². The van der Waals surface area contributed by atoms with E-state index in [1.54, 1.807) is 18.0 Å². The van der Waals surface area contributed by atoms with E-state index in [9.17, 15) is 10.1 Å². The van der Waals surface area contributed by atoms with Gasteiger partial charge in [-0.1, -0.05) is 66.7 Å². The second kappa shape index (κ2) is 10.7. The van der Waals surface area contributed by atoms with Crippen LogP contribution in [0, 0.1) is 11.3 Å². The molecular formula is C29H27BN4O. The molecule has 0 N–H and O–H groups in total. The molecule has 172 valence electrons. The largest absolute Gasteiger partial charge is 0.381 e. The van der Waals surface area contributed by atoms with Crippen LogP contribution in [0.1, 0.15) is 25.1 Å². The molecule has 4 rings (SSSR count). The van der Waals surface area contributed by atoms with E-state index >= 15 is 0 Å². The number of allylic oxidation sites excluding steroid dienone is 5. The zero-order valence-corrected chi connectivity index (χ0v) is 20.3. The third-order valence-electron chi connectivity index (χ3n) is 6.15. The summed E-state index contributed by atoms with van der Waals surface area (Å²) in [5.41, 5.74) is 6.77. The van der Waals surface area contributed by atoms with Crippen molar-refractivity contribution in [1.29, 1.82) is 5.26 Å². The average molecular weight is 458 g/mol. The van der Waals surface area contributed by atoms with Gasteiger partial charge in [-0.05, 0) is 54.8 Å². The first-order valence-corrected chi connectivity index (χ1v) is 11.6. The van der Waals surface area contributed by atoms with E-state index in [0.717, 1.165) is 39.4 Å². The molecule has 1 aromatic heterocycles. The lowest BCUT2D eigenvalue weighted by Gasteiger charge is -2.16. The van der Waals surface area contributed by atoms with Crippen LogP contribution in [0.5, 0.6) is 0 Å². The van der Waals surface area contributed by atoms with Crippen LogP contribution in [0.15, 0.2) is 107 Å². The fraction of sp³-hybridized carbons (Fsp3) is 0.138. The smallest absolute Gasteiger partial charge is 0.367 e. The molecule has 0 radical (unpaired) electrons. The van der Waals surface area contributed by atoms with Gasteiger partial charge in [0.2, 0.25) is 0 Å². The number of amides is 1. The van der Waals surface area contributed by atoms with Gasteiger partial charge in [0.15, 0.2) is 0 Å². The van der Waals surface area contributed by atoms with Gasteiger partial charge in [-0.25, -0.2) is 0 Å². The normalized spacial score (nSPS) is 18.0. The summed E-state index contributed by atoms with van der Waals surface area (Å²) in [6.45, 7) is 4.41. The van der Waals surface area contributed by atoms with Crippen LogP contribution in [0.2, 0.25) is 0 Å². The van der Waals surface area contributed by atoms with Crippen molar-refractivity contribution in [2.75, 3.05) is 13.6 Å². The Morgan fingerprint density at radius 3 is 2.26 bits per heavy atom. The molecule has 1 aliphatic heterocycles. The van der Waals surface area contributed by atoms with E-state index in [2.05, 4.69) is 28.7 Å². The number of nitrogens with zero attached hydrogens (tertiary/aromatic N) is 4. The molecular weight excluding hydrogens is 431 g/mol. The van der Waals surface area contributed by atoms with Crippen LogP contribution in [0.4, 0.5) is 0 Å². The van der Waals surface area contributed by atoms with Crippen molar-refractivity contribution in [2.24, 2.45) is 4.90 Å². The van der Waals surface area contributed by atoms with Crippen molar-refractivity contribution >= 4 is 24.7 Å². The Labute approximate surface area is 207 Å². The first kappa shape index (κ1) is 23.8. The summed E-state index contributed by atoms with van der Waals surface area (Å²) in [7, 11) is 2.10. The number of carbonyl (C=O) groups is 1. The molecule has 0 unspecified atom stereocenters. The van der Waals surface area contributed by atoms with Gasteiger partial charge in [-0.15, -0.1) is 0 Å². The highest BCUT2D eigenvalue weighted by atomic mass is 16.2. The highest BCUT2D eigenvalue weighted by Crippen LogP contribution is 2.30. The second-order valence-electron chi connectivity index (χ2n) is 8.37. The quantitative estimate of drug-likeness (QED) is 0.306. The Balaban J connectivity index is 1.93. The maximum absolute atomic E-state index is 12.8. The molecule has 0 bridgehead atoms. The van der Waals surface area contributed by atoms with Crippen molar-refractivity contribution in [1.82, 2.24) is 9.38 Å². The zero-order chi connectivity index (χ0) is 24.8. The number of rotatable bonds is 5. The summed E-state index contributed by atoms with van der Waals surface area (Å²) in [5.74, 6) is -0.290. The first-order valence-electron chi connectivity index (χ1n) is 11.6. The van der Waals surface area contributed by atoms with E-state index in [1.165, 1.54) is 0 Å². The Bertz CT molecular complexity index is 1390. The molecule has 0 aliphatic carbocycles. The van der Waals surface area contributed by atoms with Crippen molar-refractivity contribution in [3.05, 3.63) is 113 Å². The van der Waals surface area contributed by atoms with Gasteiger partial charge in [0.1, 0.15) is 11.6 Å². The minimum atomic E-state index is -0.290. The lowest BCUT2D eigenvalue weighted by atomic mass is 10.00. The maximum atomic E-state index is 12.8. The molecule has 0 fully saturated rings. The standard InChI is InChI=1S/C29H27BN4O/c1-4-33(3)29(35)24(20-31)19-25-21(2)15-16-26(22-11-7-5-8-12-22)32-30-34-27(17-18-28(25)34)23-13-9-6-10-14-23/h5-19,30H,4H2,1-3H3/b16-15-,24-19+,25-21+,32-26-. The number of hydrogen-bond acceptors (Lipinski definition) is 3. The Kier molecular flexibility index (Phi) is 7.28. The number of hydrogen-bond donors (Lipinski definition) is 0. The number of nitriles is 1. The van der Waals surface area contributed by atoms with Crippen LogP contribution in [0.3, 0.4) is 0 Å². The highest BCUT2D eigenvalue weighted by molar-refractivity contribution is 6.38. The monoisotopic (exact) mass is 458 g/mol. The fourth-order valence-corrected chi connectivity index (χ4v) is 4.03. The number of likely N-dealkylation sites (N-methyl/N-ethyl adjacent to an activating group) is 1. The predicted molar refractivity (Wildman–Crippen MR) is 144 cm³/mol. The first-order chi connectivity index (χ1) is 17.0. The van der Waals surface area contributed by atoms with Crippen LogP contribution in [0.25, 0.3) is 16.8 Å². The third kappa shape index (κ3) is 5.10. The van der Waals surface area contributed by atoms with E-state index in [4.69, 9.17) is 4.90 Å². The average Bonchev–Trinajstić information content (AvgIpc) is 3.34. The summed E-state index contributed by atoms with van der Waals surface area (Å²) in [6.07, 6.45) is 5.72. The number of carbonyl (C=O) groups excluding carboxylic acids is 1. The van der Waals surface area contributed by atoms with Gasteiger partial charge >= 0.3 is 7.55 Å². The molecule has 0 atom stereocenters. The summed E-state index contributed by atoms with van der Waals surface area (Å²) in [6, 6.07) is 26.5. The van der Waals surface area contributed by atoms with Crippen LogP contribution in [-0.4, -0.2) is 42.1 Å². The van der Waals surface area contributed by atoms with E-state index in [-0.39, 0.29) is 11.5 Å². The number of aromatic nitrogens is 1. The molecule has 0 saturated heterocycles. The van der Waals surface area contributed by atoms with Gasteiger partial charge in [0, 0.05) is 30.6 Å². The SMILES string of the molecule is CCN(C)C(=O)/C(C#N)=C/C1=C(C)\C=C/C(c2ccccc2)=N/Bn2c1ccc2-c1ccccc1. The predicted octanol–water partition coefficient (Wildman–Crippen LogP) is 5.03. The van der Waals surface area contributed by atoms with Gasteiger partial charge < -0.3 is 14.3 Å². The topological polar surface area (TPSA) is 61.4 Å². The van der Waals surface area contributed by atoms with Crippen molar-refractivity contribution in [3.8, 4) is 17.3 Å². The van der Waals surface area contributed by atoms with Crippen molar-refractivity contribution in [3.63, 3.8) is 0 Å². The summed E-state index contributed by atoms with van der Waals surface area (Å²) in [5, 5.41) is 9.83. The molecule has 1 amide bonds. The lowest BCUT2D eigenvalue weighted by molar-refractivity contribution is -0.125. The molecule has 35 heavy (non-hydrogen) atoms. The van der Waals surface area contributed by atoms with Crippen LogP contribution < -0.4 is 0 Å². The molecule has 2 aromatic carbocycles. The van der Waals surface area contributed by atoms with Gasteiger partial charge in [-0.3, -0.25) is 4.79 Å². The molecule has 6 heteroatoms. The third-order valence-corrected chi connectivity index (χ3v) is 6.15. The van der Waals surface area contributed by atoms with E-state index in [0.29, 0.717) is 14.1 Å². The highest BCUT2D eigenvalue weighted by Gasteiger charge is 2.19. The summed E-state index contributed by atoms with van der Waals surface area (Å²) in [4.78, 5) is 19.4. The van der Waals surface area contributed by atoms with Crippen LogP contribution >= 0.6 is 0 Å². The summed E-state index contributed by atoms with van der Waals surface area (Å²) >= 11 is 0. The second-order valence-corrected chi connectivity index (χ2v) is 8.37. The molecule has 5 nitrogen and oxygen atoms in total. The molecule has 2 heterocycles. The molecule has 0 spiro atoms. The van der Waals surface area contributed by atoms with Crippen LogP contribution in [-0.2, 0) is 4.79 Å². The van der Waals surface area contributed by atoms with Crippen molar-refractivity contribution in [2.45, 2.75) is 13.8 Å². The van der Waals surface area contributed by atoms with Gasteiger partial charge in [0.25, 0.3) is 5.91 Å². The van der Waals surface area contributed by atoms with Gasteiger partial charge in [0.05, 0.1) is 5.71 Å². The maximum Gasteiger partial charge on any atom is 0.381 e. The molecule has 3 aromatic rings. The Morgan fingerprint density at radius 2 is 1.63 bits per heavy atom. The van der Waals surface area contributed by atoms with Crippen molar-refractivity contribution < 1.29 is 4.79 Å². The Hall–Kier alpha value is -4.37. The zero-order valence-electron chi connectivity index (χ0n) is 20.3. The Morgan fingerprint density at radius 1 is 1.00 bits per heavy atom. The fourth-order valence-electron chi connectivity index (χ4n) is 4.03. The lowest BCUT2D eigenvalue weighted by Crippen LogP contribution is -2.27. The number of fused-ring (bicyclic) bond motifs is 1. The number of benzene rings is 2. The van der Waals surface area contributed by atoms with Gasteiger partial charge in [-0.2, -0.15) is 5.26 Å². The summed E-state index contributed by atoms with van der Waals surface area (Å²) < 4.78 is 2.14. The molecule has 1 aliphatic rings.